The number of hydrogen-bond donors (Lipinski definition) is 1. The minimum atomic E-state index is 0.630. The molecule has 1 nitrogen and oxygen atoms in total. The van der Waals surface area contributed by atoms with Crippen molar-refractivity contribution in [2.24, 2.45) is 0 Å². The lowest BCUT2D eigenvalue weighted by atomic mass is 10.3. The van der Waals surface area contributed by atoms with Crippen LogP contribution in [0, 0.1) is 0 Å². The van der Waals surface area contributed by atoms with Crippen LogP contribution in [-0.4, -0.2) is 18.8 Å². The Hall–Kier alpha value is -0.470. The quantitative estimate of drug-likeness (QED) is 0.725. The van der Waals surface area contributed by atoms with Crippen LogP contribution in [0.25, 0.3) is 0 Å². The van der Waals surface area contributed by atoms with E-state index in [1.807, 2.05) is 18.8 Å². The summed E-state index contributed by atoms with van der Waals surface area (Å²) in [5.74, 6) is 1.15. The smallest absolute Gasteiger partial charge is 0.0156 e. The van der Waals surface area contributed by atoms with Gasteiger partial charge in [-0.3, -0.25) is 0 Å². The standard InChI is InChI=1S/C11H17NS/c1-3-10(12-2)9-13-11-7-5-4-6-8-11/h4-8,10,12H,3,9H2,1-2H3. The van der Waals surface area contributed by atoms with Crippen molar-refractivity contribution in [1.29, 1.82) is 0 Å². The Morgan fingerprint density at radius 3 is 2.54 bits per heavy atom. The maximum absolute atomic E-state index is 3.30. The van der Waals surface area contributed by atoms with E-state index in [9.17, 15) is 0 Å². The van der Waals surface area contributed by atoms with E-state index in [4.69, 9.17) is 0 Å². The number of rotatable bonds is 5. The topological polar surface area (TPSA) is 12.0 Å². The Kier molecular flexibility index (Phi) is 4.94. The molecule has 0 saturated heterocycles. The second kappa shape index (κ2) is 6.06. The van der Waals surface area contributed by atoms with Crippen molar-refractivity contribution in [3.63, 3.8) is 0 Å². The monoisotopic (exact) mass is 195 g/mol. The van der Waals surface area contributed by atoms with Crippen molar-refractivity contribution in [2.45, 2.75) is 24.3 Å². The summed E-state index contributed by atoms with van der Waals surface area (Å²) in [4.78, 5) is 1.36. The SMILES string of the molecule is CCC(CSc1ccccc1)NC. The van der Waals surface area contributed by atoms with Crippen LogP contribution in [-0.2, 0) is 0 Å². The van der Waals surface area contributed by atoms with Gasteiger partial charge in [-0.1, -0.05) is 25.1 Å². The molecule has 1 aromatic rings. The fourth-order valence-corrected chi connectivity index (χ4v) is 2.26. The van der Waals surface area contributed by atoms with Gasteiger partial charge in [-0.2, -0.15) is 0 Å². The van der Waals surface area contributed by atoms with Crippen LogP contribution in [0.3, 0.4) is 0 Å². The first-order chi connectivity index (χ1) is 6.36. The Balaban J connectivity index is 2.34. The lowest BCUT2D eigenvalue weighted by molar-refractivity contribution is 0.602. The Morgan fingerprint density at radius 1 is 1.31 bits per heavy atom. The van der Waals surface area contributed by atoms with Crippen LogP contribution >= 0.6 is 11.8 Å². The minimum absolute atomic E-state index is 0.630. The normalized spacial score (nSPS) is 12.8. The van der Waals surface area contributed by atoms with Crippen LogP contribution < -0.4 is 5.32 Å². The molecule has 0 heterocycles. The fraction of sp³-hybridized carbons (Fsp3) is 0.455. The third-order valence-electron chi connectivity index (χ3n) is 2.10. The van der Waals surface area contributed by atoms with Crippen molar-refractivity contribution in [3.8, 4) is 0 Å². The third-order valence-corrected chi connectivity index (χ3v) is 3.27. The first-order valence-electron chi connectivity index (χ1n) is 4.72. The zero-order valence-electron chi connectivity index (χ0n) is 8.29. The highest BCUT2D eigenvalue weighted by atomic mass is 32.2. The molecule has 0 aliphatic carbocycles. The molecule has 1 aromatic carbocycles. The molecule has 0 aromatic heterocycles. The number of benzene rings is 1. The van der Waals surface area contributed by atoms with Crippen LogP contribution in [0.15, 0.2) is 35.2 Å². The summed E-state index contributed by atoms with van der Waals surface area (Å²) in [5.41, 5.74) is 0. The highest BCUT2D eigenvalue weighted by molar-refractivity contribution is 7.99. The second-order valence-electron chi connectivity index (χ2n) is 3.02. The first-order valence-corrected chi connectivity index (χ1v) is 5.70. The number of thioether (sulfide) groups is 1. The summed E-state index contributed by atoms with van der Waals surface area (Å²) >= 11 is 1.92. The van der Waals surface area contributed by atoms with E-state index >= 15 is 0 Å². The van der Waals surface area contributed by atoms with E-state index < -0.39 is 0 Å². The molecule has 1 atom stereocenters. The van der Waals surface area contributed by atoms with E-state index in [0.29, 0.717) is 6.04 Å². The van der Waals surface area contributed by atoms with Gasteiger partial charge < -0.3 is 5.32 Å². The molecule has 13 heavy (non-hydrogen) atoms. The molecule has 0 amide bonds. The molecular weight excluding hydrogens is 178 g/mol. The third kappa shape index (κ3) is 3.83. The molecule has 0 radical (unpaired) electrons. The Morgan fingerprint density at radius 2 is 2.00 bits per heavy atom. The highest BCUT2D eigenvalue weighted by Crippen LogP contribution is 2.18. The predicted molar refractivity (Wildman–Crippen MR) is 60.3 cm³/mol. The predicted octanol–water partition coefficient (Wildman–Crippen LogP) is 2.78. The van der Waals surface area contributed by atoms with E-state index in [1.165, 1.54) is 11.3 Å². The van der Waals surface area contributed by atoms with Crippen LogP contribution in [0.1, 0.15) is 13.3 Å². The molecule has 0 aliphatic rings. The molecular formula is C11H17NS. The summed E-state index contributed by atoms with van der Waals surface area (Å²) in [6, 6.07) is 11.2. The summed E-state index contributed by atoms with van der Waals surface area (Å²) in [6.07, 6.45) is 1.19. The highest BCUT2D eigenvalue weighted by Gasteiger charge is 2.02. The average molecular weight is 195 g/mol. The Labute approximate surface area is 84.9 Å². The molecule has 0 fully saturated rings. The molecule has 0 spiro atoms. The van der Waals surface area contributed by atoms with Crippen LogP contribution in [0.4, 0.5) is 0 Å². The van der Waals surface area contributed by atoms with Gasteiger partial charge >= 0.3 is 0 Å². The fourth-order valence-electron chi connectivity index (χ4n) is 1.12. The summed E-state index contributed by atoms with van der Waals surface area (Å²) in [6.45, 7) is 2.22. The molecule has 0 bridgehead atoms. The molecule has 0 saturated carbocycles. The van der Waals surface area contributed by atoms with E-state index in [2.05, 4.69) is 42.6 Å². The molecule has 1 rings (SSSR count). The first kappa shape index (κ1) is 10.6. The van der Waals surface area contributed by atoms with Crippen LogP contribution in [0.5, 0.6) is 0 Å². The maximum atomic E-state index is 3.30. The van der Waals surface area contributed by atoms with Crippen molar-refractivity contribution in [1.82, 2.24) is 5.32 Å². The minimum Gasteiger partial charge on any atom is -0.316 e. The summed E-state index contributed by atoms with van der Waals surface area (Å²) in [5, 5.41) is 3.30. The molecule has 0 aliphatic heterocycles. The van der Waals surface area contributed by atoms with Gasteiger partial charge in [0.2, 0.25) is 0 Å². The van der Waals surface area contributed by atoms with Gasteiger partial charge in [-0.25, -0.2) is 0 Å². The average Bonchev–Trinajstić information content (AvgIpc) is 2.21. The zero-order valence-corrected chi connectivity index (χ0v) is 9.10. The van der Waals surface area contributed by atoms with Gasteiger partial charge in [0.25, 0.3) is 0 Å². The number of hydrogen-bond acceptors (Lipinski definition) is 2. The Bertz CT molecular complexity index is 219. The van der Waals surface area contributed by atoms with Crippen LogP contribution in [0.2, 0.25) is 0 Å². The zero-order chi connectivity index (χ0) is 9.52. The lowest BCUT2D eigenvalue weighted by Crippen LogP contribution is -2.26. The van der Waals surface area contributed by atoms with Gasteiger partial charge in [-0.05, 0) is 25.6 Å². The largest absolute Gasteiger partial charge is 0.316 e. The van der Waals surface area contributed by atoms with E-state index in [0.717, 1.165) is 5.75 Å². The van der Waals surface area contributed by atoms with E-state index in [-0.39, 0.29) is 0 Å². The van der Waals surface area contributed by atoms with Crippen molar-refractivity contribution in [2.75, 3.05) is 12.8 Å². The summed E-state index contributed by atoms with van der Waals surface area (Å²) in [7, 11) is 2.03. The van der Waals surface area contributed by atoms with Crippen molar-refractivity contribution < 1.29 is 0 Å². The second-order valence-corrected chi connectivity index (χ2v) is 4.11. The molecule has 72 valence electrons. The summed E-state index contributed by atoms with van der Waals surface area (Å²) < 4.78 is 0. The van der Waals surface area contributed by atoms with Crippen molar-refractivity contribution >= 4 is 11.8 Å². The van der Waals surface area contributed by atoms with E-state index in [1.54, 1.807) is 0 Å². The van der Waals surface area contributed by atoms with Gasteiger partial charge in [0.1, 0.15) is 0 Å². The molecule has 1 unspecified atom stereocenters. The number of nitrogens with one attached hydrogen (secondary N) is 1. The van der Waals surface area contributed by atoms with Gasteiger partial charge in [-0.15, -0.1) is 11.8 Å². The lowest BCUT2D eigenvalue weighted by Gasteiger charge is -2.12. The molecule has 1 N–H and O–H groups in total. The van der Waals surface area contributed by atoms with Gasteiger partial charge in [0, 0.05) is 16.7 Å². The van der Waals surface area contributed by atoms with Gasteiger partial charge in [0.05, 0.1) is 0 Å². The van der Waals surface area contributed by atoms with Gasteiger partial charge in [0.15, 0.2) is 0 Å². The maximum Gasteiger partial charge on any atom is 0.0156 e. The van der Waals surface area contributed by atoms with Crippen molar-refractivity contribution in [3.05, 3.63) is 30.3 Å². The molecule has 2 heteroatoms.